The van der Waals surface area contributed by atoms with E-state index >= 15 is 0 Å². The molecule has 0 fully saturated rings. The van der Waals surface area contributed by atoms with Gasteiger partial charge < -0.3 is 15.2 Å². The van der Waals surface area contributed by atoms with Crippen molar-refractivity contribution in [2.75, 3.05) is 12.9 Å². The van der Waals surface area contributed by atoms with Crippen molar-refractivity contribution in [3.63, 3.8) is 0 Å². The molecule has 0 heterocycles. The van der Waals surface area contributed by atoms with Gasteiger partial charge in [0.15, 0.2) is 0 Å². The first-order valence-electron chi connectivity index (χ1n) is 6.32. The van der Waals surface area contributed by atoms with Crippen LogP contribution in [0.3, 0.4) is 0 Å². The zero-order chi connectivity index (χ0) is 16.8. The number of carbonyl (C=O) groups excluding carboxylic acids is 2. The normalized spacial score (nSPS) is 15.1. The average Bonchev–Trinajstić information content (AvgIpc) is 2.22. The SMILES string of the molecule is CC(=O)OCCC(OS(C)(=O)=O)C(N)C(=O)OC(C)(C)C. The molecule has 2 unspecified atom stereocenters. The fourth-order valence-corrected chi connectivity index (χ4v) is 2.02. The minimum Gasteiger partial charge on any atom is -0.466 e. The third-order valence-electron chi connectivity index (χ3n) is 2.09. The Bertz CT molecular complexity index is 466. The van der Waals surface area contributed by atoms with E-state index in [1.54, 1.807) is 20.8 Å². The van der Waals surface area contributed by atoms with Gasteiger partial charge in [-0.2, -0.15) is 8.42 Å². The summed E-state index contributed by atoms with van der Waals surface area (Å²) in [5, 5.41) is 0. The van der Waals surface area contributed by atoms with E-state index < -0.39 is 39.8 Å². The van der Waals surface area contributed by atoms with Crippen LogP contribution >= 0.6 is 0 Å². The highest BCUT2D eigenvalue weighted by atomic mass is 32.2. The van der Waals surface area contributed by atoms with Crippen molar-refractivity contribution in [2.24, 2.45) is 5.73 Å². The van der Waals surface area contributed by atoms with E-state index in [-0.39, 0.29) is 13.0 Å². The largest absolute Gasteiger partial charge is 0.466 e. The molecule has 0 aromatic carbocycles. The summed E-state index contributed by atoms with van der Waals surface area (Å²) in [4.78, 5) is 22.6. The molecule has 9 heteroatoms. The smallest absolute Gasteiger partial charge is 0.326 e. The molecule has 0 amide bonds. The lowest BCUT2D eigenvalue weighted by Crippen LogP contribution is -2.47. The van der Waals surface area contributed by atoms with Crippen LogP contribution in [0.4, 0.5) is 0 Å². The van der Waals surface area contributed by atoms with Crippen molar-refractivity contribution in [1.82, 2.24) is 0 Å². The van der Waals surface area contributed by atoms with E-state index in [4.69, 9.17) is 19.4 Å². The number of carbonyl (C=O) groups is 2. The molecule has 21 heavy (non-hydrogen) atoms. The monoisotopic (exact) mass is 325 g/mol. The molecular weight excluding hydrogens is 302 g/mol. The molecule has 8 nitrogen and oxygen atoms in total. The molecule has 0 aromatic heterocycles. The average molecular weight is 325 g/mol. The Morgan fingerprint density at radius 2 is 1.76 bits per heavy atom. The van der Waals surface area contributed by atoms with Crippen molar-refractivity contribution in [1.29, 1.82) is 0 Å². The maximum atomic E-state index is 11.9. The predicted molar refractivity (Wildman–Crippen MR) is 74.8 cm³/mol. The van der Waals surface area contributed by atoms with Gasteiger partial charge in [0.25, 0.3) is 10.1 Å². The van der Waals surface area contributed by atoms with Crippen LogP contribution in [0, 0.1) is 0 Å². The summed E-state index contributed by atoms with van der Waals surface area (Å²) in [6.45, 7) is 6.06. The molecule has 124 valence electrons. The minimum atomic E-state index is -3.82. The van der Waals surface area contributed by atoms with E-state index in [2.05, 4.69) is 0 Å². The Labute approximate surface area is 125 Å². The molecule has 0 aliphatic rings. The van der Waals surface area contributed by atoms with Crippen molar-refractivity contribution < 1.29 is 31.7 Å². The van der Waals surface area contributed by atoms with Crippen molar-refractivity contribution in [3.8, 4) is 0 Å². The number of nitrogens with two attached hydrogens (primary N) is 1. The fraction of sp³-hybridized carbons (Fsp3) is 0.833. The number of hydrogen-bond acceptors (Lipinski definition) is 8. The first-order valence-corrected chi connectivity index (χ1v) is 8.13. The van der Waals surface area contributed by atoms with Crippen LogP contribution in [0.25, 0.3) is 0 Å². The van der Waals surface area contributed by atoms with Gasteiger partial charge in [0.05, 0.1) is 12.9 Å². The fourth-order valence-electron chi connectivity index (χ4n) is 1.35. The Balaban J connectivity index is 4.84. The third kappa shape index (κ3) is 10.2. The van der Waals surface area contributed by atoms with E-state index in [0.29, 0.717) is 0 Å². The Morgan fingerprint density at radius 1 is 1.24 bits per heavy atom. The van der Waals surface area contributed by atoms with Crippen LogP contribution in [-0.2, 0) is 33.4 Å². The number of rotatable bonds is 7. The highest BCUT2D eigenvalue weighted by Crippen LogP contribution is 2.13. The summed E-state index contributed by atoms with van der Waals surface area (Å²) >= 11 is 0. The summed E-state index contributed by atoms with van der Waals surface area (Å²) in [6, 6.07) is -1.31. The van der Waals surface area contributed by atoms with Gasteiger partial charge in [-0.1, -0.05) is 0 Å². The topological polar surface area (TPSA) is 122 Å². The third-order valence-corrected chi connectivity index (χ3v) is 2.68. The lowest BCUT2D eigenvalue weighted by molar-refractivity contribution is -0.158. The highest BCUT2D eigenvalue weighted by molar-refractivity contribution is 7.86. The van der Waals surface area contributed by atoms with Gasteiger partial charge in [-0.05, 0) is 20.8 Å². The zero-order valence-electron chi connectivity index (χ0n) is 12.9. The van der Waals surface area contributed by atoms with E-state index in [0.717, 1.165) is 6.26 Å². The van der Waals surface area contributed by atoms with Crippen molar-refractivity contribution in [2.45, 2.75) is 51.9 Å². The molecule has 0 bridgehead atoms. The lowest BCUT2D eigenvalue weighted by Gasteiger charge is -2.26. The van der Waals surface area contributed by atoms with Crippen molar-refractivity contribution >= 4 is 22.1 Å². The molecule has 0 rings (SSSR count). The first-order chi connectivity index (χ1) is 9.32. The van der Waals surface area contributed by atoms with Crippen LogP contribution in [0.1, 0.15) is 34.1 Å². The van der Waals surface area contributed by atoms with Crippen LogP contribution in [0.2, 0.25) is 0 Å². The summed E-state index contributed by atoms with van der Waals surface area (Å²) in [5.41, 5.74) is 4.92. The van der Waals surface area contributed by atoms with Crippen LogP contribution < -0.4 is 5.73 Å². The summed E-state index contributed by atoms with van der Waals surface area (Å²) in [5.74, 6) is -1.32. The number of esters is 2. The second-order valence-electron chi connectivity index (χ2n) is 5.53. The van der Waals surface area contributed by atoms with Gasteiger partial charge in [0.1, 0.15) is 17.7 Å². The molecule has 0 aromatic rings. The predicted octanol–water partition coefficient (Wildman–Crippen LogP) is -0.0466. The second kappa shape index (κ2) is 7.71. The maximum absolute atomic E-state index is 11.9. The molecule has 2 N–H and O–H groups in total. The number of hydrogen-bond donors (Lipinski definition) is 1. The van der Waals surface area contributed by atoms with E-state index in [1.165, 1.54) is 6.92 Å². The Kier molecular flexibility index (Phi) is 7.28. The highest BCUT2D eigenvalue weighted by Gasteiger charge is 2.32. The van der Waals surface area contributed by atoms with E-state index in [1.807, 2.05) is 0 Å². The quantitative estimate of drug-likeness (QED) is 0.511. The zero-order valence-corrected chi connectivity index (χ0v) is 13.7. The molecule has 0 aliphatic heterocycles. The van der Waals surface area contributed by atoms with Crippen LogP contribution in [-0.4, -0.2) is 51.0 Å². The Hall–Kier alpha value is -1.19. The van der Waals surface area contributed by atoms with Gasteiger partial charge in [-0.3, -0.25) is 13.8 Å². The first kappa shape index (κ1) is 19.8. The lowest BCUT2D eigenvalue weighted by atomic mass is 10.1. The minimum absolute atomic E-state index is 0.0486. The molecule has 0 aliphatic carbocycles. The summed E-state index contributed by atoms with van der Waals surface area (Å²) < 4.78 is 37.0. The molecule has 0 spiro atoms. The number of ether oxygens (including phenoxy) is 2. The molecular formula is C12H23NO7S. The van der Waals surface area contributed by atoms with E-state index in [9.17, 15) is 18.0 Å². The van der Waals surface area contributed by atoms with Crippen LogP contribution in [0.15, 0.2) is 0 Å². The second-order valence-corrected chi connectivity index (χ2v) is 7.13. The summed E-state index contributed by atoms with van der Waals surface area (Å²) in [6.07, 6.45) is -0.380. The van der Waals surface area contributed by atoms with Gasteiger partial charge in [-0.25, -0.2) is 0 Å². The summed E-state index contributed by atoms with van der Waals surface area (Å²) in [7, 11) is -3.82. The molecule has 2 atom stereocenters. The van der Waals surface area contributed by atoms with Gasteiger partial charge >= 0.3 is 11.9 Å². The van der Waals surface area contributed by atoms with Gasteiger partial charge in [-0.15, -0.1) is 0 Å². The standard InChI is InChI=1S/C12H23NO7S/c1-8(14)18-7-6-9(20-21(5,16)17)10(13)11(15)19-12(2,3)4/h9-10H,6-7,13H2,1-5H3. The van der Waals surface area contributed by atoms with Crippen molar-refractivity contribution in [3.05, 3.63) is 0 Å². The molecule has 0 saturated carbocycles. The molecule has 0 radical (unpaired) electrons. The van der Waals surface area contributed by atoms with Gasteiger partial charge in [0, 0.05) is 13.3 Å². The van der Waals surface area contributed by atoms with Gasteiger partial charge in [0.2, 0.25) is 0 Å². The van der Waals surface area contributed by atoms with Crippen LogP contribution in [0.5, 0.6) is 0 Å². The molecule has 0 saturated heterocycles. The maximum Gasteiger partial charge on any atom is 0.326 e. The Morgan fingerprint density at radius 3 is 2.14 bits per heavy atom.